The smallest absolute Gasteiger partial charge is 0.233 e. The number of fused-ring (bicyclic) bond motifs is 4. The van der Waals surface area contributed by atoms with Crippen LogP contribution in [0, 0.1) is 0 Å². The van der Waals surface area contributed by atoms with Gasteiger partial charge >= 0.3 is 0 Å². The molecule has 2 aliphatic rings. The first-order chi connectivity index (χ1) is 9.09. The zero-order chi connectivity index (χ0) is 13.5. The van der Waals surface area contributed by atoms with Crippen molar-refractivity contribution >= 4 is 18.3 Å². The first kappa shape index (κ1) is 15.1. The highest BCUT2D eigenvalue weighted by molar-refractivity contribution is 5.85. The summed E-state index contributed by atoms with van der Waals surface area (Å²) >= 11 is 0. The molecule has 4 nitrogen and oxygen atoms in total. The largest absolute Gasteiger partial charge is 0.487 e. The van der Waals surface area contributed by atoms with E-state index in [1.807, 2.05) is 18.2 Å². The molecule has 0 spiro atoms. The molecule has 0 aromatic heterocycles. The highest BCUT2D eigenvalue weighted by Crippen LogP contribution is 2.48. The van der Waals surface area contributed by atoms with Gasteiger partial charge in [-0.25, -0.2) is 0 Å². The van der Waals surface area contributed by atoms with Crippen molar-refractivity contribution < 1.29 is 9.53 Å². The van der Waals surface area contributed by atoms with Crippen molar-refractivity contribution in [2.45, 2.75) is 43.7 Å². The third-order valence-electron chi connectivity index (χ3n) is 4.19. The van der Waals surface area contributed by atoms with Crippen molar-refractivity contribution in [2.75, 3.05) is 6.54 Å². The van der Waals surface area contributed by atoms with Gasteiger partial charge in [0.05, 0.1) is 6.54 Å². The Morgan fingerprint density at radius 1 is 1.45 bits per heavy atom. The van der Waals surface area contributed by atoms with Crippen LogP contribution in [-0.2, 0) is 4.79 Å². The number of hydrogen-bond donors (Lipinski definition) is 2. The average Bonchev–Trinajstić information content (AvgIpc) is 2.37. The van der Waals surface area contributed by atoms with Crippen molar-refractivity contribution in [3.63, 3.8) is 0 Å². The van der Waals surface area contributed by atoms with Crippen LogP contribution >= 0.6 is 12.4 Å². The summed E-state index contributed by atoms with van der Waals surface area (Å²) in [5, 5.41) is 3.01. The molecule has 1 aromatic carbocycles. The maximum absolute atomic E-state index is 11.5. The van der Waals surface area contributed by atoms with E-state index < -0.39 is 0 Å². The molecule has 3 rings (SSSR count). The van der Waals surface area contributed by atoms with E-state index >= 15 is 0 Å². The van der Waals surface area contributed by atoms with Gasteiger partial charge < -0.3 is 15.8 Å². The summed E-state index contributed by atoms with van der Waals surface area (Å²) in [6, 6.07) is 8.39. The Balaban J connectivity index is 0.00000147. The van der Waals surface area contributed by atoms with Gasteiger partial charge in [-0.05, 0) is 37.3 Å². The highest BCUT2D eigenvalue weighted by Gasteiger charge is 2.44. The topological polar surface area (TPSA) is 64.4 Å². The molecule has 0 radical (unpaired) electrons. The number of hydrogen-bond acceptors (Lipinski definition) is 3. The molecule has 1 fully saturated rings. The minimum absolute atomic E-state index is 0. The Hall–Kier alpha value is -1.26. The number of para-hydroxylation sites is 1. The fraction of sp³-hybridized carbons (Fsp3) is 0.533. The van der Waals surface area contributed by atoms with Crippen LogP contribution in [0.15, 0.2) is 24.3 Å². The van der Waals surface area contributed by atoms with Crippen LogP contribution < -0.4 is 15.8 Å². The summed E-state index contributed by atoms with van der Waals surface area (Å²) in [6.07, 6.45) is 2.85. The SMILES string of the molecule is CC12CC(NC(=O)CN)CC(C1)c1ccccc1O2.Cl. The number of ether oxygens (including phenoxy) is 1. The van der Waals surface area contributed by atoms with Crippen molar-refractivity contribution in [3.05, 3.63) is 29.8 Å². The fourth-order valence-corrected chi connectivity index (χ4v) is 3.53. The van der Waals surface area contributed by atoms with Crippen molar-refractivity contribution in [3.8, 4) is 5.75 Å². The molecule has 1 aromatic rings. The van der Waals surface area contributed by atoms with E-state index in [9.17, 15) is 4.79 Å². The lowest BCUT2D eigenvalue weighted by molar-refractivity contribution is -0.121. The second-order valence-corrected chi connectivity index (χ2v) is 5.90. The lowest BCUT2D eigenvalue weighted by atomic mass is 9.71. The summed E-state index contributed by atoms with van der Waals surface area (Å²) in [4.78, 5) is 11.5. The van der Waals surface area contributed by atoms with Crippen LogP contribution in [0.5, 0.6) is 5.75 Å². The maximum Gasteiger partial charge on any atom is 0.233 e. The summed E-state index contributed by atoms with van der Waals surface area (Å²) in [6.45, 7) is 2.19. The molecule has 3 unspecified atom stereocenters. The monoisotopic (exact) mass is 296 g/mol. The molecule has 1 heterocycles. The maximum atomic E-state index is 11.5. The second-order valence-electron chi connectivity index (χ2n) is 5.90. The lowest BCUT2D eigenvalue weighted by Crippen LogP contribution is -2.52. The molecule has 110 valence electrons. The van der Waals surface area contributed by atoms with Gasteiger partial charge in [0.1, 0.15) is 11.4 Å². The normalized spacial score (nSPS) is 30.5. The number of rotatable bonds is 2. The predicted molar refractivity (Wildman–Crippen MR) is 80.3 cm³/mol. The van der Waals surface area contributed by atoms with E-state index in [2.05, 4.69) is 18.3 Å². The number of carbonyl (C=O) groups excluding carboxylic acids is 1. The van der Waals surface area contributed by atoms with Gasteiger partial charge in [0, 0.05) is 12.5 Å². The van der Waals surface area contributed by atoms with Gasteiger partial charge in [-0.2, -0.15) is 0 Å². The van der Waals surface area contributed by atoms with Crippen molar-refractivity contribution in [2.24, 2.45) is 5.73 Å². The molecular weight excluding hydrogens is 276 g/mol. The van der Waals surface area contributed by atoms with E-state index in [1.54, 1.807) is 0 Å². The Bertz CT molecular complexity index is 508. The molecule has 0 saturated heterocycles. The third-order valence-corrected chi connectivity index (χ3v) is 4.19. The predicted octanol–water partition coefficient (Wildman–Crippen LogP) is 1.97. The molecular formula is C15H21ClN2O2. The zero-order valence-electron chi connectivity index (χ0n) is 11.6. The van der Waals surface area contributed by atoms with E-state index in [1.165, 1.54) is 5.56 Å². The Labute approximate surface area is 125 Å². The quantitative estimate of drug-likeness (QED) is 0.877. The van der Waals surface area contributed by atoms with E-state index in [4.69, 9.17) is 10.5 Å². The van der Waals surface area contributed by atoms with Crippen LogP contribution in [0.2, 0.25) is 0 Å². The summed E-state index contributed by atoms with van der Waals surface area (Å²) in [5.74, 6) is 1.39. The van der Waals surface area contributed by atoms with E-state index in [0.29, 0.717) is 5.92 Å². The van der Waals surface area contributed by atoms with E-state index in [-0.39, 0.29) is 36.5 Å². The van der Waals surface area contributed by atoms with Gasteiger partial charge in [0.15, 0.2) is 0 Å². The van der Waals surface area contributed by atoms with Crippen molar-refractivity contribution in [1.29, 1.82) is 0 Å². The highest BCUT2D eigenvalue weighted by atomic mass is 35.5. The first-order valence-corrected chi connectivity index (χ1v) is 6.87. The fourth-order valence-electron chi connectivity index (χ4n) is 3.53. The lowest BCUT2D eigenvalue weighted by Gasteiger charge is -2.47. The summed E-state index contributed by atoms with van der Waals surface area (Å²) < 4.78 is 6.15. The van der Waals surface area contributed by atoms with Crippen LogP contribution in [0.1, 0.15) is 37.7 Å². The van der Waals surface area contributed by atoms with Crippen LogP contribution in [0.3, 0.4) is 0 Å². The molecule has 20 heavy (non-hydrogen) atoms. The van der Waals surface area contributed by atoms with E-state index in [0.717, 1.165) is 25.0 Å². The minimum atomic E-state index is -0.177. The van der Waals surface area contributed by atoms with Gasteiger partial charge in [-0.15, -0.1) is 12.4 Å². The van der Waals surface area contributed by atoms with Crippen molar-refractivity contribution in [1.82, 2.24) is 5.32 Å². The molecule has 2 bridgehead atoms. The number of amides is 1. The zero-order valence-corrected chi connectivity index (χ0v) is 12.4. The third kappa shape index (κ3) is 2.76. The first-order valence-electron chi connectivity index (χ1n) is 6.87. The second kappa shape index (κ2) is 5.62. The summed E-state index contributed by atoms with van der Waals surface area (Å²) in [7, 11) is 0. The van der Waals surface area contributed by atoms with Crippen LogP contribution in [0.25, 0.3) is 0 Å². The Kier molecular flexibility index (Phi) is 4.25. The molecule has 3 atom stereocenters. The van der Waals surface area contributed by atoms with Gasteiger partial charge in [0.2, 0.25) is 5.91 Å². The Morgan fingerprint density at radius 2 is 2.20 bits per heavy atom. The number of carbonyl (C=O) groups is 1. The molecule has 1 saturated carbocycles. The standard InChI is InChI=1S/C15H20N2O2.ClH/c1-15-7-10(6-11(8-15)17-14(18)9-16)12-4-2-3-5-13(12)19-15;/h2-5,10-11H,6-9,16H2,1H3,(H,17,18);1H. The molecule has 1 amide bonds. The molecule has 1 aliphatic heterocycles. The molecule has 5 heteroatoms. The van der Waals surface area contributed by atoms with Crippen LogP contribution in [0.4, 0.5) is 0 Å². The number of nitrogens with one attached hydrogen (secondary N) is 1. The summed E-state index contributed by atoms with van der Waals surface area (Å²) in [5.41, 5.74) is 6.46. The van der Waals surface area contributed by atoms with Gasteiger partial charge in [-0.1, -0.05) is 18.2 Å². The Morgan fingerprint density at radius 3 is 2.95 bits per heavy atom. The minimum Gasteiger partial charge on any atom is -0.487 e. The average molecular weight is 297 g/mol. The number of nitrogens with two attached hydrogens (primary N) is 1. The number of halogens is 1. The molecule has 1 aliphatic carbocycles. The molecule has 3 N–H and O–H groups in total. The van der Waals surface area contributed by atoms with Gasteiger partial charge in [0.25, 0.3) is 0 Å². The number of benzene rings is 1. The van der Waals surface area contributed by atoms with Gasteiger partial charge in [-0.3, -0.25) is 4.79 Å². The van der Waals surface area contributed by atoms with Crippen LogP contribution in [-0.4, -0.2) is 24.1 Å².